The van der Waals surface area contributed by atoms with Crippen LogP contribution < -0.4 is 4.74 Å². The van der Waals surface area contributed by atoms with Crippen molar-refractivity contribution in [3.63, 3.8) is 0 Å². The van der Waals surface area contributed by atoms with Crippen LogP contribution >= 0.6 is 15.9 Å². The first-order valence-corrected chi connectivity index (χ1v) is 5.39. The van der Waals surface area contributed by atoms with Crippen LogP contribution in [0.5, 0.6) is 5.75 Å². The molecule has 15 heavy (non-hydrogen) atoms. The van der Waals surface area contributed by atoms with E-state index in [9.17, 15) is 0 Å². The van der Waals surface area contributed by atoms with Gasteiger partial charge >= 0.3 is 0 Å². The monoisotopic (exact) mass is 267 g/mol. The summed E-state index contributed by atoms with van der Waals surface area (Å²) in [5, 5.41) is 4.14. The number of aromatic nitrogens is 3. The summed E-state index contributed by atoms with van der Waals surface area (Å²) >= 11 is 3.20. The van der Waals surface area contributed by atoms with Gasteiger partial charge in [0, 0.05) is 0 Å². The van der Waals surface area contributed by atoms with Gasteiger partial charge < -0.3 is 4.74 Å². The van der Waals surface area contributed by atoms with Crippen molar-refractivity contribution in [3.05, 3.63) is 35.3 Å². The molecule has 0 atom stereocenters. The van der Waals surface area contributed by atoms with Crippen LogP contribution in [0.3, 0.4) is 0 Å². The van der Waals surface area contributed by atoms with Crippen molar-refractivity contribution in [2.24, 2.45) is 0 Å². The zero-order chi connectivity index (χ0) is 10.7. The lowest BCUT2D eigenvalue weighted by Crippen LogP contribution is -1.95. The predicted molar refractivity (Wildman–Crippen MR) is 60.2 cm³/mol. The van der Waals surface area contributed by atoms with Gasteiger partial charge in [-0.05, 0) is 47.1 Å². The number of halogens is 1. The first-order valence-electron chi connectivity index (χ1n) is 4.60. The van der Waals surface area contributed by atoms with Gasteiger partial charge in [-0.25, -0.2) is 9.67 Å². The number of nitrogens with zero attached hydrogens (tertiary/aromatic N) is 3. The molecule has 0 amide bonds. The summed E-state index contributed by atoms with van der Waals surface area (Å²) < 4.78 is 7.62. The molecule has 78 valence electrons. The molecule has 0 bridgehead atoms. The van der Waals surface area contributed by atoms with E-state index < -0.39 is 0 Å². The highest BCUT2D eigenvalue weighted by molar-refractivity contribution is 9.10. The Balaban J connectivity index is 2.23. The lowest BCUT2D eigenvalue weighted by atomic mass is 10.3. The zero-order valence-corrected chi connectivity index (χ0v) is 9.81. The van der Waals surface area contributed by atoms with E-state index in [4.69, 9.17) is 4.74 Å². The average molecular weight is 268 g/mol. The SMILES string of the molecule is CCOc1ccc(-n2cnc(Br)n2)cc1. The van der Waals surface area contributed by atoms with Gasteiger partial charge in [0.2, 0.25) is 4.73 Å². The quantitative estimate of drug-likeness (QED) is 0.858. The Morgan fingerprint density at radius 1 is 1.33 bits per heavy atom. The maximum atomic E-state index is 5.35. The summed E-state index contributed by atoms with van der Waals surface area (Å²) in [5.41, 5.74) is 0.955. The Morgan fingerprint density at radius 3 is 2.60 bits per heavy atom. The van der Waals surface area contributed by atoms with Gasteiger partial charge in [-0.2, -0.15) is 0 Å². The summed E-state index contributed by atoms with van der Waals surface area (Å²) in [6.07, 6.45) is 1.65. The fourth-order valence-corrected chi connectivity index (χ4v) is 1.49. The van der Waals surface area contributed by atoms with Crippen molar-refractivity contribution in [2.45, 2.75) is 6.92 Å². The van der Waals surface area contributed by atoms with Crippen LogP contribution in [0, 0.1) is 0 Å². The molecule has 0 saturated carbocycles. The number of rotatable bonds is 3. The van der Waals surface area contributed by atoms with Crippen LogP contribution in [0.25, 0.3) is 5.69 Å². The van der Waals surface area contributed by atoms with Gasteiger partial charge in [-0.15, -0.1) is 5.10 Å². The summed E-state index contributed by atoms with van der Waals surface area (Å²) in [6.45, 7) is 2.64. The van der Waals surface area contributed by atoms with E-state index in [0.717, 1.165) is 11.4 Å². The largest absolute Gasteiger partial charge is 0.494 e. The highest BCUT2D eigenvalue weighted by Gasteiger charge is 2.00. The normalized spacial score (nSPS) is 10.3. The molecule has 5 heteroatoms. The first kappa shape index (κ1) is 10.2. The molecule has 0 N–H and O–H groups in total. The maximum absolute atomic E-state index is 5.35. The summed E-state index contributed by atoms with van der Waals surface area (Å²) in [6, 6.07) is 7.70. The molecule has 0 fully saturated rings. The van der Waals surface area contributed by atoms with Crippen molar-refractivity contribution in [1.82, 2.24) is 14.8 Å². The number of benzene rings is 1. The van der Waals surface area contributed by atoms with Crippen molar-refractivity contribution in [1.29, 1.82) is 0 Å². The van der Waals surface area contributed by atoms with E-state index in [1.165, 1.54) is 0 Å². The van der Waals surface area contributed by atoms with Crippen molar-refractivity contribution in [2.75, 3.05) is 6.61 Å². The lowest BCUT2D eigenvalue weighted by molar-refractivity contribution is 0.340. The minimum Gasteiger partial charge on any atom is -0.494 e. The third kappa shape index (κ3) is 2.36. The molecule has 1 heterocycles. The maximum Gasteiger partial charge on any atom is 0.217 e. The van der Waals surface area contributed by atoms with E-state index in [2.05, 4.69) is 26.0 Å². The van der Waals surface area contributed by atoms with Crippen LogP contribution in [0.2, 0.25) is 0 Å². The Labute approximate surface area is 96.0 Å². The molecule has 0 unspecified atom stereocenters. The van der Waals surface area contributed by atoms with Gasteiger partial charge in [0.1, 0.15) is 12.1 Å². The smallest absolute Gasteiger partial charge is 0.217 e. The Bertz CT molecular complexity index is 438. The van der Waals surface area contributed by atoms with Crippen LogP contribution in [-0.2, 0) is 0 Å². The molecule has 0 aliphatic rings. The van der Waals surface area contributed by atoms with Crippen LogP contribution in [-0.4, -0.2) is 21.4 Å². The minimum absolute atomic E-state index is 0.580. The molecule has 1 aromatic carbocycles. The van der Waals surface area contributed by atoms with E-state index in [0.29, 0.717) is 11.3 Å². The van der Waals surface area contributed by atoms with Crippen LogP contribution in [0.15, 0.2) is 35.3 Å². The van der Waals surface area contributed by atoms with E-state index >= 15 is 0 Å². The Morgan fingerprint density at radius 2 is 2.07 bits per heavy atom. The van der Waals surface area contributed by atoms with Gasteiger partial charge in [0.05, 0.1) is 12.3 Å². The molecule has 2 rings (SSSR count). The minimum atomic E-state index is 0.580. The predicted octanol–water partition coefficient (Wildman–Crippen LogP) is 2.43. The van der Waals surface area contributed by atoms with Gasteiger partial charge in [0.15, 0.2) is 0 Å². The lowest BCUT2D eigenvalue weighted by Gasteiger charge is -2.04. The standard InChI is InChI=1S/C10H10BrN3O/c1-2-15-9-5-3-8(4-6-9)14-7-12-10(11)13-14/h3-7H,2H2,1H3. The highest BCUT2D eigenvalue weighted by atomic mass is 79.9. The van der Waals surface area contributed by atoms with Crippen LogP contribution in [0.1, 0.15) is 6.92 Å². The third-order valence-corrected chi connectivity index (χ3v) is 2.24. The fraction of sp³-hybridized carbons (Fsp3) is 0.200. The molecule has 4 nitrogen and oxygen atoms in total. The van der Waals surface area contributed by atoms with E-state index in [1.807, 2.05) is 31.2 Å². The van der Waals surface area contributed by atoms with Crippen molar-refractivity contribution >= 4 is 15.9 Å². The zero-order valence-electron chi connectivity index (χ0n) is 8.22. The summed E-state index contributed by atoms with van der Waals surface area (Å²) in [7, 11) is 0. The summed E-state index contributed by atoms with van der Waals surface area (Å²) in [4.78, 5) is 3.99. The Hall–Kier alpha value is -1.36. The highest BCUT2D eigenvalue weighted by Crippen LogP contribution is 2.15. The molecule has 0 aliphatic carbocycles. The van der Waals surface area contributed by atoms with Gasteiger partial charge in [-0.1, -0.05) is 0 Å². The molecule has 0 aliphatic heterocycles. The van der Waals surface area contributed by atoms with Crippen molar-refractivity contribution < 1.29 is 4.74 Å². The third-order valence-electron chi connectivity index (χ3n) is 1.88. The first-order chi connectivity index (χ1) is 7.29. The van der Waals surface area contributed by atoms with E-state index in [1.54, 1.807) is 11.0 Å². The molecule has 0 radical (unpaired) electrons. The second-order valence-corrected chi connectivity index (χ2v) is 3.59. The second-order valence-electron chi connectivity index (χ2n) is 2.89. The van der Waals surface area contributed by atoms with E-state index in [-0.39, 0.29) is 0 Å². The number of ether oxygens (including phenoxy) is 1. The Kier molecular flexibility index (Phi) is 3.01. The molecular weight excluding hydrogens is 258 g/mol. The van der Waals surface area contributed by atoms with Crippen LogP contribution in [0.4, 0.5) is 0 Å². The van der Waals surface area contributed by atoms with Crippen molar-refractivity contribution in [3.8, 4) is 11.4 Å². The van der Waals surface area contributed by atoms with Gasteiger partial charge in [0.25, 0.3) is 0 Å². The fourth-order valence-electron chi connectivity index (χ4n) is 1.23. The molecule has 1 aromatic heterocycles. The molecule has 2 aromatic rings. The summed E-state index contributed by atoms with van der Waals surface area (Å²) in [5.74, 6) is 0.862. The molecule has 0 spiro atoms. The number of hydrogen-bond acceptors (Lipinski definition) is 3. The molecule has 0 saturated heterocycles. The average Bonchev–Trinajstić information content (AvgIpc) is 2.67. The second kappa shape index (κ2) is 4.44. The molecular formula is C10H10BrN3O. The number of hydrogen-bond donors (Lipinski definition) is 0. The topological polar surface area (TPSA) is 39.9 Å². The van der Waals surface area contributed by atoms with Gasteiger partial charge in [-0.3, -0.25) is 0 Å².